The van der Waals surface area contributed by atoms with Crippen molar-refractivity contribution in [2.75, 3.05) is 11.9 Å². The summed E-state index contributed by atoms with van der Waals surface area (Å²) in [6.45, 7) is 3.33. The number of carbonyl (C=O) groups excluding carboxylic acids is 1. The van der Waals surface area contributed by atoms with E-state index < -0.39 is 0 Å². The average Bonchev–Trinajstić information content (AvgIpc) is 2.89. The van der Waals surface area contributed by atoms with Crippen LogP contribution in [0, 0.1) is 0 Å². The Morgan fingerprint density at radius 1 is 1.38 bits per heavy atom. The van der Waals surface area contributed by atoms with Gasteiger partial charge >= 0.3 is 6.03 Å². The van der Waals surface area contributed by atoms with Gasteiger partial charge < -0.3 is 10.6 Å². The highest BCUT2D eigenvalue weighted by Gasteiger charge is 2.05. The van der Waals surface area contributed by atoms with Crippen LogP contribution in [0.4, 0.5) is 10.5 Å². The summed E-state index contributed by atoms with van der Waals surface area (Å²) in [5.41, 5.74) is 1.65. The fourth-order valence-electron chi connectivity index (χ4n) is 1.87. The number of rotatable bonds is 6. The van der Waals surface area contributed by atoms with Crippen LogP contribution in [-0.4, -0.2) is 22.4 Å². The number of hydrogen-bond donors (Lipinski definition) is 2. The molecule has 0 spiro atoms. The van der Waals surface area contributed by atoms with Crippen LogP contribution < -0.4 is 10.6 Å². The summed E-state index contributed by atoms with van der Waals surface area (Å²) in [6.07, 6.45) is 5.42. The maximum Gasteiger partial charge on any atom is 0.319 e. The van der Waals surface area contributed by atoms with Crippen molar-refractivity contribution in [3.63, 3.8) is 0 Å². The summed E-state index contributed by atoms with van der Waals surface area (Å²) in [5, 5.41) is 10.5. The first-order valence-electron chi connectivity index (χ1n) is 6.99. The zero-order valence-corrected chi connectivity index (χ0v) is 12.7. The number of urea groups is 1. The maximum absolute atomic E-state index is 11.6. The lowest BCUT2D eigenvalue weighted by molar-refractivity contribution is 0.252. The number of halogens is 1. The van der Waals surface area contributed by atoms with Gasteiger partial charge in [0, 0.05) is 17.8 Å². The first kappa shape index (κ1) is 15.4. The van der Waals surface area contributed by atoms with Crippen molar-refractivity contribution in [3.05, 3.63) is 47.2 Å². The molecule has 112 valence electrons. The minimum Gasteiger partial charge on any atom is -0.338 e. The molecule has 0 aliphatic heterocycles. The molecule has 0 fully saturated rings. The molecule has 0 saturated carbocycles. The minimum atomic E-state index is -0.208. The number of benzene rings is 1. The maximum atomic E-state index is 11.6. The number of amides is 2. The number of unbranched alkanes of at least 4 members (excludes halogenated alkanes) is 1. The smallest absolute Gasteiger partial charge is 0.319 e. The van der Waals surface area contributed by atoms with E-state index in [0.717, 1.165) is 18.4 Å². The van der Waals surface area contributed by atoms with E-state index in [0.29, 0.717) is 23.8 Å². The van der Waals surface area contributed by atoms with Gasteiger partial charge in [-0.3, -0.25) is 4.68 Å². The molecule has 1 heterocycles. The van der Waals surface area contributed by atoms with E-state index in [4.69, 9.17) is 11.6 Å². The highest BCUT2D eigenvalue weighted by molar-refractivity contribution is 6.31. The van der Waals surface area contributed by atoms with Gasteiger partial charge in [-0.1, -0.05) is 43.1 Å². The van der Waals surface area contributed by atoms with Gasteiger partial charge in [0.25, 0.3) is 0 Å². The first-order valence-corrected chi connectivity index (χ1v) is 7.37. The third-order valence-electron chi connectivity index (χ3n) is 3.00. The second kappa shape index (κ2) is 7.69. The van der Waals surface area contributed by atoms with Crippen LogP contribution in [0.1, 0.15) is 25.3 Å². The molecule has 2 aromatic rings. The number of carbonyl (C=O) groups is 1. The second-order valence-electron chi connectivity index (χ2n) is 4.75. The Morgan fingerprint density at radius 2 is 2.19 bits per heavy atom. The Balaban J connectivity index is 1.89. The lowest BCUT2D eigenvalue weighted by Crippen LogP contribution is -2.29. The molecule has 5 nitrogen and oxygen atoms in total. The van der Waals surface area contributed by atoms with Crippen LogP contribution in [0.15, 0.2) is 36.7 Å². The molecule has 1 aromatic heterocycles. The summed E-state index contributed by atoms with van der Waals surface area (Å²) in [6, 6.07) is 7.42. The Labute approximate surface area is 129 Å². The molecule has 0 unspecified atom stereocenters. The SMILES string of the molecule is CCCCNC(=O)Nc1cnn(Cc2ccccc2Cl)c1. The Kier molecular flexibility index (Phi) is 5.63. The Hall–Kier alpha value is -2.01. The fourth-order valence-corrected chi connectivity index (χ4v) is 2.07. The number of nitrogens with zero attached hydrogens (tertiary/aromatic N) is 2. The van der Waals surface area contributed by atoms with E-state index in [1.807, 2.05) is 24.3 Å². The van der Waals surface area contributed by atoms with Gasteiger partial charge in [-0.2, -0.15) is 5.10 Å². The van der Waals surface area contributed by atoms with Gasteiger partial charge in [0.1, 0.15) is 0 Å². The second-order valence-corrected chi connectivity index (χ2v) is 5.16. The van der Waals surface area contributed by atoms with E-state index in [-0.39, 0.29) is 6.03 Å². The van der Waals surface area contributed by atoms with Crippen LogP contribution in [0.25, 0.3) is 0 Å². The normalized spacial score (nSPS) is 10.4. The summed E-state index contributed by atoms with van der Waals surface area (Å²) in [5.74, 6) is 0. The van der Waals surface area contributed by atoms with Crippen molar-refractivity contribution in [2.45, 2.75) is 26.3 Å². The largest absolute Gasteiger partial charge is 0.338 e. The summed E-state index contributed by atoms with van der Waals surface area (Å²) in [7, 11) is 0. The predicted octanol–water partition coefficient (Wildman–Crippen LogP) is 3.51. The number of anilines is 1. The molecule has 0 atom stereocenters. The zero-order valence-electron chi connectivity index (χ0n) is 12.0. The third kappa shape index (κ3) is 4.79. The van der Waals surface area contributed by atoms with Crippen molar-refractivity contribution in [3.8, 4) is 0 Å². The molecule has 0 saturated heterocycles. The Bertz CT molecular complexity index is 597. The van der Waals surface area contributed by atoms with E-state index in [1.165, 1.54) is 0 Å². The first-order chi connectivity index (χ1) is 10.2. The van der Waals surface area contributed by atoms with Crippen LogP contribution >= 0.6 is 11.6 Å². The molecule has 2 N–H and O–H groups in total. The highest BCUT2D eigenvalue weighted by Crippen LogP contribution is 2.16. The minimum absolute atomic E-state index is 0.208. The highest BCUT2D eigenvalue weighted by atomic mass is 35.5. The fraction of sp³-hybridized carbons (Fsp3) is 0.333. The van der Waals surface area contributed by atoms with Gasteiger partial charge in [0.2, 0.25) is 0 Å². The van der Waals surface area contributed by atoms with E-state index in [9.17, 15) is 4.79 Å². The van der Waals surface area contributed by atoms with Crippen LogP contribution in [-0.2, 0) is 6.54 Å². The van der Waals surface area contributed by atoms with Gasteiger partial charge in [0.15, 0.2) is 0 Å². The van der Waals surface area contributed by atoms with Crippen molar-refractivity contribution < 1.29 is 4.79 Å². The van der Waals surface area contributed by atoms with Crippen molar-refractivity contribution in [2.24, 2.45) is 0 Å². The molecule has 0 aliphatic carbocycles. The summed E-state index contributed by atoms with van der Waals surface area (Å²) in [4.78, 5) is 11.6. The van der Waals surface area contributed by atoms with Crippen molar-refractivity contribution in [1.29, 1.82) is 0 Å². The molecule has 21 heavy (non-hydrogen) atoms. The molecule has 2 rings (SSSR count). The molecule has 1 aromatic carbocycles. The zero-order chi connectivity index (χ0) is 15.1. The molecular formula is C15H19ClN4O. The average molecular weight is 307 g/mol. The van der Waals surface area contributed by atoms with Gasteiger partial charge in [0.05, 0.1) is 18.4 Å². The van der Waals surface area contributed by atoms with E-state index >= 15 is 0 Å². The van der Waals surface area contributed by atoms with Crippen molar-refractivity contribution in [1.82, 2.24) is 15.1 Å². The standard InChI is InChI=1S/C15H19ClN4O/c1-2-3-8-17-15(21)19-13-9-18-20(11-13)10-12-6-4-5-7-14(12)16/h4-7,9,11H,2-3,8,10H2,1H3,(H2,17,19,21). The van der Waals surface area contributed by atoms with Gasteiger partial charge in [-0.05, 0) is 18.1 Å². The molecule has 2 amide bonds. The lowest BCUT2D eigenvalue weighted by Gasteiger charge is -2.05. The quantitative estimate of drug-likeness (QED) is 0.802. The summed E-state index contributed by atoms with van der Waals surface area (Å²) >= 11 is 6.12. The number of aromatic nitrogens is 2. The van der Waals surface area contributed by atoms with Gasteiger partial charge in [-0.15, -0.1) is 0 Å². The number of nitrogens with one attached hydrogen (secondary N) is 2. The topological polar surface area (TPSA) is 59.0 Å². The van der Waals surface area contributed by atoms with E-state index in [1.54, 1.807) is 17.1 Å². The van der Waals surface area contributed by atoms with E-state index in [2.05, 4.69) is 22.7 Å². The van der Waals surface area contributed by atoms with Gasteiger partial charge in [-0.25, -0.2) is 4.79 Å². The molecule has 0 bridgehead atoms. The predicted molar refractivity (Wildman–Crippen MR) is 84.7 cm³/mol. The molecule has 6 heteroatoms. The van der Waals surface area contributed by atoms with Crippen LogP contribution in [0.2, 0.25) is 5.02 Å². The molecule has 0 aliphatic rings. The number of hydrogen-bond acceptors (Lipinski definition) is 2. The van der Waals surface area contributed by atoms with Crippen LogP contribution in [0.3, 0.4) is 0 Å². The third-order valence-corrected chi connectivity index (χ3v) is 3.37. The molecule has 0 radical (unpaired) electrons. The monoisotopic (exact) mass is 306 g/mol. The lowest BCUT2D eigenvalue weighted by atomic mass is 10.2. The van der Waals surface area contributed by atoms with Crippen molar-refractivity contribution >= 4 is 23.3 Å². The molecular weight excluding hydrogens is 288 g/mol. The summed E-state index contributed by atoms with van der Waals surface area (Å²) < 4.78 is 1.74. The Morgan fingerprint density at radius 3 is 2.95 bits per heavy atom. The van der Waals surface area contributed by atoms with Crippen LogP contribution in [0.5, 0.6) is 0 Å².